The van der Waals surface area contributed by atoms with Gasteiger partial charge in [0, 0.05) is 6.54 Å². The highest BCUT2D eigenvalue weighted by atomic mass is 19.3. The van der Waals surface area contributed by atoms with Crippen LogP contribution >= 0.6 is 0 Å². The van der Waals surface area contributed by atoms with Gasteiger partial charge in [0.05, 0.1) is 18.5 Å². The Kier molecular flexibility index (Phi) is 5.41. The molecule has 1 N–H and O–H groups in total. The molecule has 0 fully saturated rings. The molecular weight excluding hydrogens is 256 g/mol. The topological polar surface area (TPSA) is 57.6 Å². The summed E-state index contributed by atoms with van der Waals surface area (Å²) in [5.74, 6) is -1.53. The standard InChI is InChI=1S/C13H15F2NO3/c1-2-16(8-11(14)15)12(17)7-9-4-3-5-10(6-9)13(18)19/h3-6,11H,2,7-8H2,1H3,(H,18,19). The van der Waals surface area contributed by atoms with Crippen molar-refractivity contribution in [2.75, 3.05) is 13.1 Å². The van der Waals surface area contributed by atoms with E-state index in [0.717, 1.165) is 4.90 Å². The van der Waals surface area contributed by atoms with Crippen LogP contribution in [0, 0.1) is 0 Å². The number of rotatable bonds is 6. The van der Waals surface area contributed by atoms with E-state index in [1.807, 2.05) is 0 Å². The van der Waals surface area contributed by atoms with E-state index in [1.165, 1.54) is 18.2 Å². The lowest BCUT2D eigenvalue weighted by atomic mass is 10.1. The second-order valence-electron chi connectivity index (χ2n) is 4.01. The van der Waals surface area contributed by atoms with Crippen molar-refractivity contribution >= 4 is 11.9 Å². The predicted octanol–water partition coefficient (Wildman–Crippen LogP) is 2.04. The molecule has 0 unspecified atom stereocenters. The van der Waals surface area contributed by atoms with Crippen molar-refractivity contribution in [3.63, 3.8) is 0 Å². The van der Waals surface area contributed by atoms with Crippen molar-refractivity contribution in [3.05, 3.63) is 35.4 Å². The second-order valence-corrected chi connectivity index (χ2v) is 4.01. The van der Waals surface area contributed by atoms with Crippen molar-refractivity contribution < 1.29 is 23.5 Å². The average molecular weight is 271 g/mol. The Morgan fingerprint density at radius 1 is 1.37 bits per heavy atom. The number of hydrogen-bond acceptors (Lipinski definition) is 2. The van der Waals surface area contributed by atoms with Crippen LogP contribution in [0.1, 0.15) is 22.8 Å². The Hall–Kier alpha value is -1.98. The molecule has 0 aliphatic heterocycles. The molecule has 1 amide bonds. The summed E-state index contributed by atoms with van der Waals surface area (Å²) in [6.45, 7) is 1.21. The highest BCUT2D eigenvalue weighted by Gasteiger charge is 2.17. The molecule has 0 radical (unpaired) electrons. The number of benzene rings is 1. The molecule has 6 heteroatoms. The van der Waals surface area contributed by atoms with E-state index in [0.29, 0.717) is 5.56 Å². The molecule has 4 nitrogen and oxygen atoms in total. The van der Waals surface area contributed by atoms with E-state index in [1.54, 1.807) is 13.0 Å². The molecule has 1 aromatic carbocycles. The number of carbonyl (C=O) groups excluding carboxylic acids is 1. The van der Waals surface area contributed by atoms with Gasteiger partial charge in [0.25, 0.3) is 6.43 Å². The molecule has 104 valence electrons. The highest BCUT2D eigenvalue weighted by molar-refractivity contribution is 5.88. The zero-order valence-corrected chi connectivity index (χ0v) is 10.5. The van der Waals surface area contributed by atoms with Crippen LogP contribution in [0.25, 0.3) is 0 Å². The molecule has 0 aliphatic rings. The van der Waals surface area contributed by atoms with Gasteiger partial charge in [0.1, 0.15) is 0 Å². The number of aromatic carboxylic acids is 1. The average Bonchev–Trinajstić information content (AvgIpc) is 2.35. The number of amides is 1. The van der Waals surface area contributed by atoms with Gasteiger partial charge in [-0.2, -0.15) is 0 Å². The summed E-state index contributed by atoms with van der Waals surface area (Å²) >= 11 is 0. The van der Waals surface area contributed by atoms with Crippen molar-refractivity contribution in [2.24, 2.45) is 0 Å². The molecule has 1 rings (SSSR count). The van der Waals surface area contributed by atoms with Gasteiger partial charge in [0.15, 0.2) is 0 Å². The highest BCUT2D eigenvalue weighted by Crippen LogP contribution is 2.09. The van der Waals surface area contributed by atoms with Gasteiger partial charge in [-0.25, -0.2) is 13.6 Å². The summed E-state index contributed by atoms with van der Waals surface area (Å²) in [7, 11) is 0. The predicted molar refractivity (Wildman–Crippen MR) is 65.4 cm³/mol. The van der Waals surface area contributed by atoms with Gasteiger partial charge in [0.2, 0.25) is 5.91 Å². The summed E-state index contributed by atoms with van der Waals surface area (Å²) in [6, 6.07) is 5.90. The summed E-state index contributed by atoms with van der Waals surface area (Å²) in [4.78, 5) is 23.6. The van der Waals surface area contributed by atoms with Gasteiger partial charge >= 0.3 is 5.97 Å². The number of likely N-dealkylation sites (N-methyl/N-ethyl adjacent to an activating group) is 1. The van der Waals surface area contributed by atoms with E-state index in [2.05, 4.69) is 0 Å². The maximum absolute atomic E-state index is 12.3. The summed E-state index contributed by atoms with van der Waals surface area (Å²) in [5, 5.41) is 8.82. The minimum atomic E-state index is -2.57. The van der Waals surface area contributed by atoms with Crippen LogP contribution in [-0.4, -0.2) is 41.4 Å². The van der Waals surface area contributed by atoms with E-state index < -0.39 is 24.8 Å². The molecule has 1 aromatic rings. The molecule has 0 heterocycles. The number of hydrogen-bond donors (Lipinski definition) is 1. The maximum Gasteiger partial charge on any atom is 0.335 e. The SMILES string of the molecule is CCN(CC(F)F)C(=O)Cc1cccc(C(=O)O)c1. The van der Waals surface area contributed by atoms with Crippen molar-refractivity contribution in [1.29, 1.82) is 0 Å². The van der Waals surface area contributed by atoms with Gasteiger partial charge < -0.3 is 10.0 Å². The smallest absolute Gasteiger partial charge is 0.335 e. The molecule has 0 saturated heterocycles. The molecule has 19 heavy (non-hydrogen) atoms. The zero-order chi connectivity index (χ0) is 14.4. The van der Waals surface area contributed by atoms with E-state index in [-0.39, 0.29) is 18.5 Å². The van der Waals surface area contributed by atoms with Crippen molar-refractivity contribution in [3.8, 4) is 0 Å². The largest absolute Gasteiger partial charge is 0.478 e. The summed E-state index contributed by atoms with van der Waals surface area (Å²) in [6.07, 6.45) is -2.66. The Labute approximate surface area is 109 Å². The second kappa shape index (κ2) is 6.82. The van der Waals surface area contributed by atoms with Crippen LogP contribution in [-0.2, 0) is 11.2 Å². The fraction of sp³-hybridized carbons (Fsp3) is 0.385. The third kappa shape index (κ3) is 4.65. The fourth-order valence-corrected chi connectivity index (χ4v) is 1.67. The number of carbonyl (C=O) groups is 2. The molecule has 0 aromatic heterocycles. The number of alkyl halides is 2. The third-order valence-electron chi connectivity index (χ3n) is 2.62. The first-order chi connectivity index (χ1) is 8.93. The first kappa shape index (κ1) is 15.1. The van der Waals surface area contributed by atoms with Crippen molar-refractivity contribution in [2.45, 2.75) is 19.8 Å². The van der Waals surface area contributed by atoms with Gasteiger partial charge in [-0.3, -0.25) is 4.79 Å². The van der Waals surface area contributed by atoms with Crippen LogP contribution in [0.4, 0.5) is 8.78 Å². The van der Waals surface area contributed by atoms with Crippen LogP contribution < -0.4 is 0 Å². The normalized spacial score (nSPS) is 10.5. The van der Waals surface area contributed by atoms with E-state index in [4.69, 9.17) is 5.11 Å². The minimum Gasteiger partial charge on any atom is -0.478 e. The van der Waals surface area contributed by atoms with E-state index in [9.17, 15) is 18.4 Å². The molecule has 0 bridgehead atoms. The van der Waals surface area contributed by atoms with E-state index >= 15 is 0 Å². The van der Waals surface area contributed by atoms with Crippen LogP contribution in [0.3, 0.4) is 0 Å². The lowest BCUT2D eigenvalue weighted by Crippen LogP contribution is -2.35. The third-order valence-corrected chi connectivity index (χ3v) is 2.62. The molecule has 0 aliphatic carbocycles. The van der Waals surface area contributed by atoms with Crippen LogP contribution in [0.2, 0.25) is 0 Å². The minimum absolute atomic E-state index is 0.0715. The number of halogens is 2. The molecule has 0 spiro atoms. The lowest BCUT2D eigenvalue weighted by molar-refractivity contribution is -0.132. The maximum atomic E-state index is 12.3. The van der Waals surface area contributed by atoms with Crippen LogP contribution in [0.5, 0.6) is 0 Å². The first-order valence-electron chi connectivity index (χ1n) is 5.82. The summed E-state index contributed by atoms with van der Waals surface area (Å²) < 4.78 is 24.5. The molecule has 0 saturated carbocycles. The van der Waals surface area contributed by atoms with Gasteiger partial charge in [-0.1, -0.05) is 12.1 Å². The zero-order valence-electron chi connectivity index (χ0n) is 10.5. The molecule has 0 atom stereocenters. The Balaban J connectivity index is 2.75. The Morgan fingerprint density at radius 2 is 2.05 bits per heavy atom. The molecular formula is C13H15F2NO3. The number of nitrogens with zero attached hydrogens (tertiary/aromatic N) is 1. The fourth-order valence-electron chi connectivity index (χ4n) is 1.67. The number of carboxylic acid groups (broad SMARTS) is 1. The monoisotopic (exact) mass is 271 g/mol. The lowest BCUT2D eigenvalue weighted by Gasteiger charge is -2.20. The van der Waals surface area contributed by atoms with Gasteiger partial charge in [-0.05, 0) is 24.6 Å². The van der Waals surface area contributed by atoms with Crippen LogP contribution in [0.15, 0.2) is 24.3 Å². The first-order valence-corrected chi connectivity index (χ1v) is 5.82. The Bertz CT molecular complexity index is 463. The Morgan fingerprint density at radius 3 is 2.58 bits per heavy atom. The van der Waals surface area contributed by atoms with Crippen molar-refractivity contribution in [1.82, 2.24) is 4.90 Å². The summed E-state index contributed by atoms with van der Waals surface area (Å²) in [5.41, 5.74) is 0.569. The number of carboxylic acids is 1. The quantitative estimate of drug-likeness (QED) is 0.861. The van der Waals surface area contributed by atoms with Gasteiger partial charge in [-0.15, -0.1) is 0 Å².